The highest BCUT2D eigenvalue weighted by atomic mass is 32.1. The van der Waals surface area contributed by atoms with Gasteiger partial charge in [0.25, 0.3) is 0 Å². The highest BCUT2D eigenvalue weighted by molar-refractivity contribution is 7.12. The second-order valence-electron chi connectivity index (χ2n) is 7.16. The van der Waals surface area contributed by atoms with E-state index in [1.54, 1.807) is 20.8 Å². The predicted octanol–water partition coefficient (Wildman–Crippen LogP) is 4.21. The molecule has 0 aliphatic carbocycles. The predicted molar refractivity (Wildman–Crippen MR) is 104 cm³/mol. The second-order valence-corrected chi connectivity index (χ2v) is 8.11. The van der Waals surface area contributed by atoms with Crippen LogP contribution in [0, 0.1) is 0 Å². The molecule has 0 N–H and O–H groups in total. The monoisotopic (exact) mass is 386 g/mol. The number of ether oxygens (including phenoxy) is 2. The number of esters is 1. The third kappa shape index (κ3) is 4.95. The molecular formula is C20H22N2O4S. The zero-order valence-electron chi connectivity index (χ0n) is 15.5. The molecule has 3 rings (SSSR count). The Morgan fingerprint density at radius 1 is 1.19 bits per heavy atom. The summed E-state index contributed by atoms with van der Waals surface area (Å²) < 4.78 is 10.8. The second kappa shape index (κ2) is 7.92. The van der Waals surface area contributed by atoms with Crippen LogP contribution < -0.4 is 0 Å². The smallest absolute Gasteiger partial charge is 0.431 e. The highest BCUT2D eigenvalue weighted by Gasteiger charge is 2.40. The minimum atomic E-state index is -0.829. The van der Waals surface area contributed by atoms with E-state index in [-0.39, 0.29) is 6.61 Å². The summed E-state index contributed by atoms with van der Waals surface area (Å²) >= 11 is 1.51. The summed E-state index contributed by atoms with van der Waals surface area (Å²) in [5.41, 5.74) is 0.890. The van der Waals surface area contributed by atoms with Crippen molar-refractivity contribution in [3.8, 4) is 0 Å². The Kier molecular flexibility index (Phi) is 5.60. The maximum absolute atomic E-state index is 12.6. The van der Waals surface area contributed by atoms with Crippen LogP contribution in [0.15, 0.2) is 52.9 Å². The molecule has 0 bridgehead atoms. The average molecular weight is 386 g/mol. The number of rotatable bonds is 4. The SMILES string of the molecule is CC(C)(C)OC(=O)C1CC(c2cccs2)=NN1C(=O)OCc1ccccc1. The molecule has 2 heterocycles. The molecule has 1 unspecified atom stereocenters. The standard InChI is InChI=1S/C20H22N2O4S/c1-20(2,3)26-18(23)16-12-15(17-10-7-11-27-17)21-22(16)19(24)25-13-14-8-5-4-6-9-14/h4-11,16H,12-13H2,1-3H3. The van der Waals surface area contributed by atoms with Crippen molar-refractivity contribution in [2.24, 2.45) is 5.10 Å². The number of carbonyl (C=O) groups excluding carboxylic acids is 2. The van der Waals surface area contributed by atoms with Crippen molar-refractivity contribution in [3.05, 3.63) is 58.3 Å². The molecule has 0 saturated carbocycles. The number of hydrazone groups is 1. The van der Waals surface area contributed by atoms with Crippen LogP contribution in [-0.2, 0) is 20.9 Å². The number of benzene rings is 1. The molecule has 1 aromatic heterocycles. The van der Waals surface area contributed by atoms with Gasteiger partial charge < -0.3 is 9.47 Å². The van der Waals surface area contributed by atoms with Gasteiger partial charge in [0.15, 0.2) is 6.04 Å². The molecule has 7 heteroatoms. The van der Waals surface area contributed by atoms with Crippen LogP contribution in [0.5, 0.6) is 0 Å². The van der Waals surface area contributed by atoms with Crippen molar-refractivity contribution in [2.75, 3.05) is 0 Å². The quantitative estimate of drug-likeness (QED) is 0.739. The number of amides is 1. The Morgan fingerprint density at radius 2 is 1.93 bits per heavy atom. The molecule has 0 spiro atoms. The molecule has 0 fully saturated rings. The van der Waals surface area contributed by atoms with E-state index < -0.39 is 23.7 Å². The van der Waals surface area contributed by atoms with Gasteiger partial charge in [0.1, 0.15) is 12.2 Å². The van der Waals surface area contributed by atoms with Crippen molar-refractivity contribution in [3.63, 3.8) is 0 Å². The lowest BCUT2D eigenvalue weighted by molar-refractivity contribution is -0.160. The molecule has 6 nitrogen and oxygen atoms in total. The van der Waals surface area contributed by atoms with Gasteiger partial charge in [0, 0.05) is 6.42 Å². The molecule has 142 valence electrons. The molecule has 0 saturated heterocycles. The van der Waals surface area contributed by atoms with Crippen LogP contribution in [0.3, 0.4) is 0 Å². The van der Waals surface area contributed by atoms with Crippen LogP contribution in [-0.4, -0.2) is 34.4 Å². The van der Waals surface area contributed by atoms with Crippen LogP contribution >= 0.6 is 11.3 Å². The fourth-order valence-electron chi connectivity index (χ4n) is 2.61. The summed E-state index contributed by atoms with van der Waals surface area (Å²) in [6.45, 7) is 5.48. The summed E-state index contributed by atoms with van der Waals surface area (Å²) in [6.07, 6.45) is -0.364. The van der Waals surface area contributed by atoms with E-state index in [0.29, 0.717) is 12.1 Å². The maximum Gasteiger partial charge on any atom is 0.431 e. The summed E-state index contributed by atoms with van der Waals surface area (Å²) in [4.78, 5) is 26.1. The number of thiophene rings is 1. The molecule has 2 aromatic rings. The molecular weight excluding hydrogens is 364 g/mol. The lowest BCUT2D eigenvalue weighted by Crippen LogP contribution is -2.42. The van der Waals surface area contributed by atoms with Gasteiger partial charge >= 0.3 is 12.1 Å². The largest absolute Gasteiger partial charge is 0.458 e. The zero-order chi connectivity index (χ0) is 19.4. The highest BCUT2D eigenvalue weighted by Crippen LogP contribution is 2.26. The normalized spacial score (nSPS) is 16.8. The van der Waals surface area contributed by atoms with Crippen molar-refractivity contribution < 1.29 is 19.1 Å². The van der Waals surface area contributed by atoms with Crippen LogP contribution in [0.4, 0.5) is 4.79 Å². The Hall–Kier alpha value is -2.67. The van der Waals surface area contributed by atoms with E-state index in [0.717, 1.165) is 15.4 Å². The summed E-state index contributed by atoms with van der Waals surface area (Å²) in [5.74, 6) is -0.491. The third-order valence-electron chi connectivity index (χ3n) is 3.79. The van der Waals surface area contributed by atoms with Crippen LogP contribution in [0.2, 0.25) is 0 Å². The maximum atomic E-state index is 12.6. The lowest BCUT2D eigenvalue weighted by Gasteiger charge is -2.25. The van der Waals surface area contributed by atoms with E-state index in [9.17, 15) is 9.59 Å². The van der Waals surface area contributed by atoms with Gasteiger partial charge in [0.2, 0.25) is 0 Å². The Bertz CT molecular complexity index is 825. The van der Waals surface area contributed by atoms with Crippen LogP contribution in [0.1, 0.15) is 37.6 Å². The number of hydrogen-bond acceptors (Lipinski definition) is 6. The lowest BCUT2D eigenvalue weighted by atomic mass is 10.1. The molecule has 1 aliphatic heterocycles. The first-order valence-electron chi connectivity index (χ1n) is 8.67. The topological polar surface area (TPSA) is 68.2 Å². The fraction of sp³-hybridized carbons (Fsp3) is 0.350. The Balaban J connectivity index is 1.76. The molecule has 1 aromatic carbocycles. The number of carbonyl (C=O) groups is 2. The average Bonchev–Trinajstić information content (AvgIpc) is 3.28. The first kappa shape index (κ1) is 19.1. The molecule has 0 radical (unpaired) electrons. The van der Waals surface area contributed by atoms with Gasteiger partial charge in [0.05, 0.1) is 10.6 Å². The van der Waals surface area contributed by atoms with Gasteiger partial charge in [-0.15, -0.1) is 11.3 Å². The molecule has 1 amide bonds. The van der Waals surface area contributed by atoms with Crippen molar-refractivity contribution in [1.29, 1.82) is 0 Å². The van der Waals surface area contributed by atoms with Crippen molar-refractivity contribution >= 4 is 29.1 Å². The van der Waals surface area contributed by atoms with Gasteiger partial charge in [-0.3, -0.25) is 0 Å². The van der Waals surface area contributed by atoms with Gasteiger partial charge in [-0.05, 0) is 37.8 Å². The minimum absolute atomic E-state index is 0.112. The Labute approximate surface area is 162 Å². The Morgan fingerprint density at radius 3 is 2.56 bits per heavy atom. The van der Waals surface area contributed by atoms with E-state index in [2.05, 4.69) is 5.10 Å². The number of nitrogens with zero attached hydrogens (tertiary/aromatic N) is 2. The fourth-order valence-corrected chi connectivity index (χ4v) is 3.33. The zero-order valence-corrected chi connectivity index (χ0v) is 16.4. The van der Waals surface area contributed by atoms with Gasteiger partial charge in [-0.1, -0.05) is 36.4 Å². The molecule has 1 aliphatic rings. The van der Waals surface area contributed by atoms with E-state index >= 15 is 0 Å². The summed E-state index contributed by atoms with van der Waals surface area (Å²) in [7, 11) is 0. The van der Waals surface area contributed by atoms with E-state index in [1.165, 1.54) is 11.3 Å². The first-order valence-corrected chi connectivity index (χ1v) is 9.55. The summed E-state index contributed by atoms with van der Waals surface area (Å²) in [6, 6.07) is 12.3. The minimum Gasteiger partial charge on any atom is -0.458 e. The van der Waals surface area contributed by atoms with Crippen molar-refractivity contribution in [2.45, 2.75) is 45.4 Å². The van der Waals surface area contributed by atoms with Crippen molar-refractivity contribution in [1.82, 2.24) is 5.01 Å². The first-order chi connectivity index (χ1) is 12.8. The van der Waals surface area contributed by atoms with E-state index in [4.69, 9.17) is 9.47 Å². The third-order valence-corrected chi connectivity index (χ3v) is 4.71. The molecule has 1 atom stereocenters. The summed E-state index contributed by atoms with van der Waals surface area (Å²) in [5, 5.41) is 7.39. The number of hydrogen-bond donors (Lipinski definition) is 0. The van der Waals surface area contributed by atoms with E-state index in [1.807, 2.05) is 47.8 Å². The van der Waals surface area contributed by atoms with Gasteiger partial charge in [-0.25, -0.2) is 9.59 Å². The van der Waals surface area contributed by atoms with Gasteiger partial charge in [-0.2, -0.15) is 10.1 Å². The van der Waals surface area contributed by atoms with Crippen LogP contribution in [0.25, 0.3) is 0 Å². The molecule has 27 heavy (non-hydrogen) atoms.